The summed E-state index contributed by atoms with van der Waals surface area (Å²) in [4.78, 5) is 21.1. The highest BCUT2D eigenvalue weighted by atomic mass is 79.9. The zero-order chi connectivity index (χ0) is 17.6. The summed E-state index contributed by atoms with van der Waals surface area (Å²) in [6.45, 7) is 0.606. The van der Waals surface area contributed by atoms with E-state index in [1.54, 1.807) is 7.11 Å². The van der Waals surface area contributed by atoms with Crippen LogP contribution in [-0.2, 0) is 6.42 Å². The molecule has 0 amide bonds. The van der Waals surface area contributed by atoms with Gasteiger partial charge in [0.25, 0.3) is 0 Å². The van der Waals surface area contributed by atoms with E-state index in [9.17, 15) is 4.79 Å². The Morgan fingerprint density at radius 1 is 1.20 bits per heavy atom. The van der Waals surface area contributed by atoms with Crippen molar-refractivity contribution in [2.24, 2.45) is 4.99 Å². The van der Waals surface area contributed by atoms with Crippen molar-refractivity contribution in [3.05, 3.63) is 62.2 Å². The van der Waals surface area contributed by atoms with Crippen molar-refractivity contribution >= 4 is 54.3 Å². The highest BCUT2D eigenvalue weighted by Crippen LogP contribution is 2.32. The van der Waals surface area contributed by atoms with Crippen LogP contribution in [0, 0.1) is 0 Å². The Labute approximate surface area is 161 Å². The molecular formula is C19H14Br2N2O2. The Bertz CT molecular complexity index is 1020. The van der Waals surface area contributed by atoms with Crippen molar-refractivity contribution in [1.29, 1.82) is 0 Å². The first-order valence-electron chi connectivity index (χ1n) is 7.82. The number of ketones is 1. The van der Waals surface area contributed by atoms with Gasteiger partial charge in [-0.05, 0) is 68.1 Å². The Kier molecular flexibility index (Phi) is 4.25. The Hall–Kier alpha value is -1.92. The number of methoxy groups -OCH3 is 1. The van der Waals surface area contributed by atoms with Crippen LogP contribution in [0.5, 0.6) is 5.75 Å². The number of aromatic amines is 1. The molecule has 4 nitrogen and oxygen atoms in total. The molecule has 0 unspecified atom stereocenters. The second-order valence-corrected chi connectivity index (χ2v) is 7.50. The number of Topliss-reactive ketones (excluding diaryl/α,β-unsaturated/α-hetero) is 1. The molecule has 1 aromatic heterocycles. The molecule has 0 spiro atoms. The third-order valence-electron chi connectivity index (χ3n) is 4.39. The molecule has 4 rings (SSSR count). The summed E-state index contributed by atoms with van der Waals surface area (Å²) < 4.78 is 6.80. The van der Waals surface area contributed by atoms with Gasteiger partial charge in [-0.3, -0.25) is 9.79 Å². The third-order valence-corrected chi connectivity index (χ3v) is 5.71. The van der Waals surface area contributed by atoms with Gasteiger partial charge >= 0.3 is 0 Å². The third kappa shape index (κ3) is 2.73. The highest BCUT2D eigenvalue weighted by Gasteiger charge is 2.27. The number of rotatable bonds is 3. The van der Waals surface area contributed by atoms with Gasteiger partial charge in [0.15, 0.2) is 0 Å². The lowest BCUT2D eigenvalue weighted by atomic mass is 9.97. The number of aliphatic imine (C=N–C) groups is 1. The van der Waals surface area contributed by atoms with Gasteiger partial charge in [-0.1, -0.05) is 6.07 Å². The molecule has 0 aliphatic carbocycles. The maximum Gasteiger partial charge on any atom is 0.215 e. The van der Waals surface area contributed by atoms with Crippen molar-refractivity contribution in [2.45, 2.75) is 6.42 Å². The molecule has 0 saturated heterocycles. The molecule has 0 radical (unpaired) electrons. The minimum Gasteiger partial charge on any atom is -0.497 e. The summed E-state index contributed by atoms with van der Waals surface area (Å²) >= 11 is 6.95. The molecule has 1 aliphatic heterocycles. The van der Waals surface area contributed by atoms with Crippen molar-refractivity contribution in [3.8, 4) is 5.75 Å². The summed E-state index contributed by atoms with van der Waals surface area (Å²) in [6, 6.07) is 11.5. The van der Waals surface area contributed by atoms with Crippen LogP contribution in [0.15, 0.2) is 50.3 Å². The molecule has 6 heteroatoms. The van der Waals surface area contributed by atoms with Crippen LogP contribution in [0.1, 0.15) is 21.6 Å². The molecule has 25 heavy (non-hydrogen) atoms. The molecule has 126 valence electrons. The lowest BCUT2D eigenvalue weighted by Crippen LogP contribution is -2.22. The van der Waals surface area contributed by atoms with Gasteiger partial charge in [0.05, 0.1) is 18.4 Å². The first-order chi connectivity index (χ1) is 12.1. The van der Waals surface area contributed by atoms with E-state index in [2.05, 4.69) is 41.8 Å². The summed E-state index contributed by atoms with van der Waals surface area (Å²) in [5.74, 6) is 0.684. The maximum absolute atomic E-state index is 13.2. The van der Waals surface area contributed by atoms with Crippen molar-refractivity contribution in [3.63, 3.8) is 0 Å². The topological polar surface area (TPSA) is 54.5 Å². The van der Waals surface area contributed by atoms with Crippen LogP contribution in [0.3, 0.4) is 0 Å². The van der Waals surface area contributed by atoms with Gasteiger partial charge in [0, 0.05) is 32.5 Å². The maximum atomic E-state index is 13.2. The molecule has 1 N–H and O–H groups in total. The number of H-pyrrole nitrogens is 1. The molecule has 3 aromatic rings. The largest absolute Gasteiger partial charge is 0.497 e. The summed E-state index contributed by atoms with van der Waals surface area (Å²) in [5, 5.41) is 1.11. The highest BCUT2D eigenvalue weighted by molar-refractivity contribution is 9.11. The van der Waals surface area contributed by atoms with Gasteiger partial charge in [-0.15, -0.1) is 0 Å². The van der Waals surface area contributed by atoms with E-state index in [4.69, 9.17) is 4.74 Å². The van der Waals surface area contributed by atoms with Crippen LogP contribution in [-0.4, -0.2) is 30.1 Å². The van der Waals surface area contributed by atoms with Crippen molar-refractivity contribution in [2.75, 3.05) is 13.7 Å². The lowest BCUT2D eigenvalue weighted by Gasteiger charge is -2.14. The van der Waals surface area contributed by atoms with Gasteiger partial charge in [-0.2, -0.15) is 0 Å². The van der Waals surface area contributed by atoms with Gasteiger partial charge < -0.3 is 9.72 Å². The molecule has 1 aliphatic rings. The average molecular weight is 462 g/mol. The van der Waals surface area contributed by atoms with Gasteiger partial charge in [0.2, 0.25) is 5.78 Å². The Morgan fingerprint density at radius 3 is 2.68 bits per heavy atom. The number of carbonyl (C=O) groups excluding carboxylic acids is 1. The van der Waals surface area contributed by atoms with Crippen LogP contribution in [0.25, 0.3) is 10.9 Å². The Morgan fingerprint density at radius 2 is 1.96 bits per heavy atom. The second-order valence-electron chi connectivity index (χ2n) is 5.80. The van der Waals surface area contributed by atoms with Crippen LogP contribution < -0.4 is 4.74 Å². The number of carbonyl (C=O) groups is 1. The number of halogens is 2. The van der Waals surface area contributed by atoms with Gasteiger partial charge in [-0.25, -0.2) is 0 Å². The summed E-state index contributed by atoms with van der Waals surface area (Å²) in [5.41, 5.74) is 3.97. The molecule has 0 bridgehead atoms. The first kappa shape index (κ1) is 16.5. The predicted octanol–water partition coefficient (Wildman–Crippen LogP) is 4.93. The van der Waals surface area contributed by atoms with Crippen LogP contribution >= 0.6 is 31.9 Å². The smallest absolute Gasteiger partial charge is 0.215 e. The molecule has 0 saturated carbocycles. The fraction of sp³-hybridized carbons (Fsp3) is 0.158. The predicted molar refractivity (Wildman–Crippen MR) is 106 cm³/mol. The number of ether oxygens (including phenoxy) is 1. The van der Waals surface area contributed by atoms with E-state index in [0.717, 1.165) is 43.3 Å². The lowest BCUT2D eigenvalue weighted by molar-refractivity contribution is 0.106. The minimum absolute atomic E-state index is 0.0983. The zero-order valence-corrected chi connectivity index (χ0v) is 16.6. The van der Waals surface area contributed by atoms with Crippen molar-refractivity contribution < 1.29 is 9.53 Å². The van der Waals surface area contributed by atoms with E-state index in [1.807, 2.05) is 36.4 Å². The fourth-order valence-electron chi connectivity index (χ4n) is 3.20. The first-order valence-corrected chi connectivity index (χ1v) is 9.41. The van der Waals surface area contributed by atoms with Gasteiger partial charge in [0.1, 0.15) is 11.5 Å². The number of fused-ring (bicyclic) bond motifs is 3. The average Bonchev–Trinajstić information content (AvgIpc) is 2.99. The number of nitrogens with one attached hydrogen (secondary N) is 1. The number of nitrogens with zero attached hydrogens (tertiary/aromatic N) is 1. The van der Waals surface area contributed by atoms with Crippen molar-refractivity contribution in [1.82, 2.24) is 4.98 Å². The quantitative estimate of drug-likeness (QED) is 0.562. The van der Waals surface area contributed by atoms with E-state index in [-0.39, 0.29) is 5.78 Å². The molecule has 0 atom stereocenters. The number of benzene rings is 2. The molecule has 2 heterocycles. The number of hydrogen-bond acceptors (Lipinski definition) is 3. The molecule has 0 fully saturated rings. The molecule has 2 aromatic carbocycles. The van der Waals surface area contributed by atoms with E-state index in [0.29, 0.717) is 17.8 Å². The van der Waals surface area contributed by atoms with E-state index in [1.165, 1.54) is 0 Å². The fourth-order valence-corrected chi connectivity index (χ4v) is 4.56. The standard InChI is InChI=1S/C19H14Br2N2O2/c1-25-10-5-6-11-12-7-8-22-18(17(12)23-15(11)9-10)19(24)16-13(20)3-2-4-14(16)21/h2-6,9,23H,7-8H2,1H3. The van der Waals surface area contributed by atoms with E-state index >= 15 is 0 Å². The van der Waals surface area contributed by atoms with Crippen LogP contribution in [0.2, 0.25) is 0 Å². The minimum atomic E-state index is -0.0983. The summed E-state index contributed by atoms with van der Waals surface area (Å²) in [7, 11) is 1.64. The second kappa shape index (κ2) is 6.42. The van der Waals surface area contributed by atoms with E-state index < -0.39 is 0 Å². The Balaban J connectivity index is 1.86. The normalized spacial score (nSPS) is 13.5. The monoisotopic (exact) mass is 460 g/mol. The molecular weight excluding hydrogens is 448 g/mol. The number of aromatic nitrogens is 1. The summed E-state index contributed by atoms with van der Waals surface area (Å²) in [6.07, 6.45) is 0.815. The number of hydrogen-bond donors (Lipinski definition) is 1. The SMILES string of the molecule is COc1ccc2c3c([nH]c2c1)C(C(=O)c1c(Br)cccc1Br)=NCC3. The zero-order valence-electron chi connectivity index (χ0n) is 13.4. The van der Waals surface area contributed by atoms with Crippen LogP contribution in [0.4, 0.5) is 0 Å².